The zero-order valence-corrected chi connectivity index (χ0v) is 14.3. The second-order valence-corrected chi connectivity index (χ2v) is 11.0. The van der Waals surface area contributed by atoms with Gasteiger partial charge in [-0.3, -0.25) is 4.79 Å². The Hall–Kier alpha value is -0.923. The number of carbonyl (C=O) groups excluding carboxylic acids is 2. The minimum Gasteiger partial charge on any atom is -0.467 e. The van der Waals surface area contributed by atoms with Crippen molar-refractivity contribution in [1.29, 1.82) is 0 Å². The van der Waals surface area contributed by atoms with E-state index in [1.165, 1.54) is 7.11 Å². The van der Waals surface area contributed by atoms with Gasteiger partial charge in [0.2, 0.25) is 5.91 Å². The highest BCUT2D eigenvalue weighted by Crippen LogP contribution is 2.36. The van der Waals surface area contributed by atoms with Crippen LogP contribution in [0.25, 0.3) is 0 Å². The highest BCUT2D eigenvalue weighted by molar-refractivity contribution is 6.74. The molecule has 7 heteroatoms. The van der Waals surface area contributed by atoms with Gasteiger partial charge in [0.15, 0.2) is 8.32 Å². The molecule has 0 saturated heterocycles. The van der Waals surface area contributed by atoms with E-state index in [2.05, 4.69) is 43.9 Å². The molecule has 2 N–H and O–H groups in total. The van der Waals surface area contributed by atoms with E-state index in [0.717, 1.165) is 0 Å². The number of aliphatic hydroxyl groups is 1. The number of esters is 1. The smallest absolute Gasteiger partial charge is 0.328 e. The minimum absolute atomic E-state index is 0.0854. The summed E-state index contributed by atoms with van der Waals surface area (Å²) < 4.78 is 10.6. The molecule has 0 heterocycles. The van der Waals surface area contributed by atoms with E-state index in [1.54, 1.807) is 0 Å². The molecule has 0 aromatic carbocycles. The van der Waals surface area contributed by atoms with Gasteiger partial charge in [-0.05, 0) is 18.1 Å². The molecule has 0 aromatic rings. The van der Waals surface area contributed by atoms with E-state index in [4.69, 9.17) is 9.53 Å². The molecule has 118 valence electrons. The van der Waals surface area contributed by atoms with Crippen LogP contribution in [0.2, 0.25) is 18.1 Å². The van der Waals surface area contributed by atoms with Crippen LogP contribution in [0, 0.1) is 0 Å². The van der Waals surface area contributed by atoms with Gasteiger partial charge >= 0.3 is 5.97 Å². The van der Waals surface area contributed by atoms with Gasteiger partial charge in [-0.2, -0.15) is 0 Å². The van der Waals surface area contributed by atoms with E-state index < -0.39 is 32.8 Å². The summed E-state index contributed by atoms with van der Waals surface area (Å²) in [6.07, 6.45) is 0.324. The second kappa shape index (κ2) is 7.75. The summed E-state index contributed by atoms with van der Waals surface area (Å²) >= 11 is 0. The summed E-state index contributed by atoms with van der Waals surface area (Å²) in [5.41, 5.74) is 0. The van der Waals surface area contributed by atoms with Gasteiger partial charge in [-0.25, -0.2) is 4.79 Å². The SMILES string of the molecule is COC(=O)[C@@H](CCO[Si](C)(C)C(C)(C)C)NC(=O)CO. The maximum Gasteiger partial charge on any atom is 0.328 e. The highest BCUT2D eigenvalue weighted by atomic mass is 28.4. The second-order valence-electron chi connectivity index (χ2n) is 6.20. The van der Waals surface area contributed by atoms with Crippen LogP contribution in [0.3, 0.4) is 0 Å². The molecule has 0 radical (unpaired) electrons. The average Bonchev–Trinajstić information content (AvgIpc) is 2.34. The third-order valence-corrected chi connectivity index (χ3v) is 8.18. The van der Waals surface area contributed by atoms with Gasteiger partial charge in [-0.15, -0.1) is 0 Å². The molecule has 0 aliphatic heterocycles. The fraction of sp³-hybridized carbons (Fsp3) is 0.846. The third kappa shape index (κ3) is 6.02. The van der Waals surface area contributed by atoms with Crippen molar-refractivity contribution < 1.29 is 23.9 Å². The number of nitrogens with one attached hydrogen (secondary N) is 1. The first-order valence-electron chi connectivity index (χ1n) is 6.67. The standard InChI is InChI=1S/C13H27NO5Si/c1-13(2,3)20(5,6)19-8-7-10(12(17)18-4)14-11(16)9-15/h10,15H,7-9H2,1-6H3,(H,14,16)/t10-/m1/s1. The number of hydrogen-bond donors (Lipinski definition) is 2. The van der Waals surface area contributed by atoms with E-state index in [0.29, 0.717) is 13.0 Å². The largest absolute Gasteiger partial charge is 0.467 e. The van der Waals surface area contributed by atoms with Crippen LogP contribution < -0.4 is 5.32 Å². The fourth-order valence-corrected chi connectivity index (χ4v) is 2.34. The van der Waals surface area contributed by atoms with Crippen LogP contribution >= 0.6 is 0 Å². The Kier molecular flexibility index (Phi) is 7.39. The summed E-state index contributed by atoms with van der Waals surface area (Å²) in [5, 5.41) is 11.2. The van der Waals surface area contributed by atoms with Crippen LogP contribution in [0.15, 0.2) is 0 Å². The van der Waals surface area contributed by atoms with Crippen molar-refractivity contribution in [3.05, 3.63) is 0 Å². The van der Waals surface area contributed by atoms with Crippen LogP contribution in [0.5, 0.6) is 0 Å². The van der Waals surface area contributed by atoms with Crippen molar-refractivity contribution in [3.8, 4) is 0 Å². The molecule has 0 unspecified atom stereocenters. The molecule has 0 rings (SSSR count). The van der Waals surface area contributed by atoms with Crippen molar-refractivity contribution >= 4 is 20.2 Å². The van der Waals surface area contributed by atoms with Crippen LogP contribution in [-0.2, 0) is 18.8 Å². The van der Waals surface area contributed by atoms with Gasteiger partial charge in [0.25, 0.3) is 0 Å². The monoisotopic (exact) mass is 305 g/mol. The van der Waals surface area contributed by atoms with Crippen LogP contribution in [-0.4, -0.2) is 51.7 Å². The number of amides is 1. The zero-order chi connectivity index (χ0) is 16.0. The molecule has 0 aliphatic rings. The van der Waals surface area contributed by atoms with Crippen LogP contribution in [0.4, 0.5) is 0 Å². The predicted octanol–water partition coefficient (Wildman–Crippen LogP) is 1.05. The van der Waals surface area contributed by atoms with Crippen molar-refractivity contribution in [3.63, 3.8) is 0 Å². The van der Waals surface area contributed by atoms with Gasteiger partial charge < -0.3 is 19.6 Å². The zero-order valence-electron chi connectivity index (χ0n) is 13.3. The van der Waals surface area contributed by atoms with Crippen molar-refractivity contribution in [2.45, 2.75) is 51.4 Å². The Labute approximate surface area is 122 Å². The number of methoxy groups -OCH3 is 1. The summed E-state index contributed by atoms with van der Waals surface area (Å²) in [6.45, 7) is 10.3. The number of carbonyl (C=O) groups is 2. The molecule has 0 bridgehead atoms. The first-order chi connectivity index (χ1) is 9.05. The van der Waals surface area contributed by atoms with Gasteiger partial charge in [-0.1, -0.05) is 20.8 Å². The van der Waals surface area contributed by atoms with Crippen molar-refractivity contribution in [2.75, 3.05) is 20.3 Å². The average molecular weight is 305 g/mol. The normalized spacial score (nSPS) is 13.8. The Morgan fingerprint density at radius 1 is 1.30 bits per heavy atom. The molecule has 0 aliphatic carbocycles. The Morgan fingerprint density at radius 2 is 1.85 bits per heavy atom. The maximum absolute atomic E-state index is 11.6. The predicted molar refractivity (Wildman–Crippen MR) is 78.8 cm³/mol. The lowest BCUT2D eigenvalue weighted by atomic mass is 10.2. The third-order valence-electron chi connectivity index (χ3n) is 3.64. The van der Waals surface area contributed by atoms with Gasteiger partial charge in [0, 0.05) is 13.0 Å². The molecular formula is C13H27NO5Si. The molecule has 6 nitrogen and oxygen atoms in total. The first kappa shape index (κ1) is 19.1. The maximum atomic E-state index is 11.6. The Balaban J connectivity index is 4.48. The van der Waals surface area contributed by atoms with Crippen molar-refractivity contribution in [1.82, 2.24) is 5.32 Å². The summed E-state index contributed by atoms with van der Waals surface area (Å²) in [7, 11) is -0.620. The van der Waals surface area contributed by atoms with E-state index >= 15 is 0 Å². The molecule has 0 fully saturated rings. The number of hydrogen-bond acceptors (Lipinski definition) is 5. The molecule has 0 aromatic heterocycles. The summed E-state index contributed by atoms with van der Waals surface area (Å²) in [5.74, 6) is -1.14. The molecule has 20 heavy (non-hydrogen) atoms. The first-order valence-corrected chi connectivity index (χ1v) is 9.58. The lowest BCUT2D eigenvalue weighted by Crippen LogP contribution is -2.45. The lowest BCUT2D eigenvalue weighted by molar-refractivity contribution is -0.145. The summed E-state index contributed by atoms with van der Waals surface area (Å²) in [4.78, 5) is 22.7. The molecule has 1 amide bonds. The number of ether oxygens (including phenoxy) is 1. The Bertz CT molecular complexity index is 338. The van der Waals surface area contributed by atoms with E-state index in [1.807, 2.05) is 0 Å². The molecule has 1 atom stereocenters. The van der Waals surface area contributed by atoms with Crippen molar-refractivity contribution in [2.24, 2.45) is 0 Å². The van der Waals surface area contributed by atoms with Gasteiger partial charge in [0.05, 0.1) is 7.11 Å². The van der Waals surface area contributed by atoms with E-state index in [9.17, 15) is 9.59 Å². The van der Waals surface area contributed by atoms with Gasteiger partial charge in [0.1, 0.15) is 12.6 Å². The molecular weight excluding hydrogens is 278 g/mol. The summed E-state index contributed by atoms with van der Waals surface area (Å²) in [6, 6.07) is -0.788. The highest BCUT2D eigenvalue weighted by Gasteiger charge is 2.37. The topological polar surface area (TPSA) is 84.9 Å². The fourth-order valence-electron chi connectivity index (χ4n) is 1.28. The minimum atomic E-state index is -1.88. The van der Waals surface area contributed by atoms with Crippen LogP contribution in [0.1, 0.15) is 27.2 Å². The molecule has 0 spiro atoms. The Morgan fingerprint density at radius 3 is 2.25 bits per heavy atom. The number of aliphatic hydroxyl groups excluding tert-OH is 1. The lowest BCUT2D eigenvalue weighted by Gasteiger charge is -2.36. The molecule has 0 saturated carbocycles. The number of rotatable bonds is 7. The van der Waals surface area contributed by atoms with E-state index in [-0.39, 0.29) is 5.04 Å². The quantitative estimate of drug-likeness (QED) is 0.542.